The molecule has 7 rings (SSSR count). The maximum Gasteiger partial charge on any atom is 0.233 e. The van der Waals surface area contributed by atoms with Crippen LogP contribution in [0.2, 0.25) is 0 Å². The minimum Gasteiger partial charge on any atom is -0.394 e. The number of nitrogens with zero attached hydrogens (tertiary/aromatic N) is 4. The van der Waals surface area contributed by atoms with Gasteiger partial charge in [0.15, 0.2) is 17.0 Å². The number of fused-ring (bicyclic) bond motifs is 5. The van der Waals surface area contributed by atoms with Gasteiger partial charge in [-0.05, 0) is 52.6 Å². The smallest absolute Gasteiger partial charge is 0.233 e. The SMILES string of the molecule is Cc1c2ccccc2c(C)c2c3c(ccc12)C(=O)C(=O)C=C3Nc1ncnc2c1ncn2[C@H]1C[C@H](O)[C@@H](CO)O1. The number of aliphatic hydroxyl groups is 2. The number of rotatable bonds is 4. The molecule has 3 aromatic carbocycles. The number of benzene rings is 3. The first-order chi connectivity index (χ1) is 19.4. The van der Waals surface area contributed by atoms with E-state index in [9.17, 15) is 19.8 Å². The van der Waals surface area contributed by atoms with Crippen molar-refractivity contribution in [2.24, 2.45) is 0 Å². The average molecular weight is 536 g/mol. The Bertz CT molecular complexity index is 1930. The Kier molecular flexibility index (Phi) is 5.53. The molecule has 0 bridgehead atoms. The summed E-state index contributed by atoms with van der Waals surface area (Å²) in [5.41, 5.74) is 4.42. The average Bonchev–Trinajstić information content (AvgIpc) is 3.57. The zero-order chi connectivity index (χ0) is 27.7. The highest BCUT2D eigenvalue weighted by atomic mass is 16.5. The number of imidazole rings is 1. The number of ketones is 2. The van der Waals surface area contributed by atoms with Crippen LogP contribution in [0, 0.1) is 13.8 Å². The lowest BCUT2D eigenvalue weighted by atomic mass is 9.83. The van der Waals surface area contributed by atoms with Crippen LogP contribution in [0.15, 0.2) is 55.1 Å². The number of aliphatic hydroxyl groups excluding tert-OH is 2. The van der Waals surface area contributed by atoms with Crippen molar-refractivity contribution in [1.29, 1.82) is 0 Å². The van der Waals surface area contributed by atoms with Crippen molar-refractivity contribution in [3.63, 3.8) is 0 Å². The van der Waals surface area contributed by atoms with Gasteiger partial charge in [0.25, 0.3) is 0 Å². The summed E-state index contributed by atoms with van der Waals surface area (Å²) < 4.78 is 7.48. The lowest BCUT2D eigenvalue weighted by Crippen LogP contribution is -2.24. The monoisotopic (exact) mass is 535 g/mol. The Labute approximate surface area is 227 Å². The standard InChI is InChI=1S/C30H25N5O5/c1-14-16-5-3-4-6-17(16)15(2)25-18(14)7-8-19-26(25)20(9-22(38)28(19)39)34-29-27-30(32-12-31-29)35(13-33-27)24-10-21(37)23(11-36)40-24/h3-9,12-13,21,23-24,36-37H,10-11H2,1-2H3,(H,31,32,34)/t21-,23+,24+/m0/s1. The molecular weight excluding hydrogens is 510 g/mol. The molecule has 10 nitrogen and oxygen atoms in total. The summed E-state index contributed by atoms with van der Waals surface area (Å²) >= 11 is 0. The van der Waals surface area contributed by atoms with Crippen LogP contribution in [-0.2, 0) is 9.53 Å². The van der Waals surface area contributed by atoms with Crippen LogP contribution >= 0.6 is 0 Å². The molecule has 40 heavy (non-hydrogen) atoms. The van der Waals surface area contributed by atoms with Crippen LogP contribution in [0.25, 0.3) is 38.4 Å². The van der Waals surface area contributed by atoms with Crippen molar-refractivity contribution in [1.82, 2.24) is 19.5 Å². The molecule has 3 N–H and O–H groups in total. The molecule has 1 fully saturated rings. The normalized spacial score (nSPS) is 20.9. The number of aryl methyl sites for hydroxylation is 2. The van der Waals surface area contributed by atoms with Gasteiger partial charge in [-0.1, -0.05) is 30.3 Å². The van der Waals surface area contributed by atoms with Crippen molar-refractivity contribution in [2.75, 3.05) is 11.9 Å². The molecule has 5 aromatic rings. The van der Waals surface area contributed by atoms with Crippen LogP contribution in [0.5, 0.6) is 0 Å². The molecule has 2 aromatic heterocycles. The second-order valence-electron chi connectivity index (χ2n) is 10.2. The summed E-state index contributed by atoms with van der Waals surface area (Å²) in [6.45, 7) is 3.80. The number of anilines is 1. The zero-order valence-electron chi connectivity index (χ0n) is 21.8. The highest BCUT2D eigenvalue weighted by Gasteiger charge is 2.36. The third-order valence-corrected chi connectivity index (χ3v) is 8.04. The quantitative estimate of drug-likeness (QED) is 0.233. The molecule has 0 saturated carbocycles. The molecule has 1 aliphatic heterocycles. The summed E-state index contributed by atoms with van der Waals surface area (Å²) in [6, 6.07) is 11.8. The van der Waals surface area contributed by atoms with Gasteiger partial charge >= 0.3 is 0 Å². The van der Waals surface area contributed by atoms with E-state index in [-0.39, 0.29) is 13.0 Å². The molecule has 3 heterocycles. The van der Waals surface area contributed by atoms with E-state index in [0.29, 0.717) is 33.8 Å². The van der Waals surface area contributed by atoms with E-state index in [4.69, 9.17) is 4.74 Å². The molecule has 2 aliphatic rings. The van der Waals surface area contributed by atoms with E-state index in [1.165, 1.54) is 12.4 Å². The number of hydrogen-bond acceptors (Lipinski definition) is 9. The molecule has 1 aliphatic carbocycles. The Morgan fingerprint density at radius 3 is 2.55 bits per heavy atom. The molecule has 0 amide bonds. The van der Waals surface area contributed by atoms with Gasteiger partial charge in [-0.25, -0.2) is 15.0 Å². The number of carbonyl (C=O) groups excluding carboxylic acids is 2. The van der Waals surface area contributed by atoms with Crippen LogP contribution in [0.1, 0.15) is 39.7 Å². The second-order valence-corrected chi connectivity index (χ2v) is 10.2. The van der Waals surface area contributed by atoms with E-state index in [1.807, 2.05) is 25.1 Å². The summed E-state index contributed by atoms with van der Waals surface area (Å²) in [4.78, 5) is 39.1. The van der Waals surface area contributed by atoms with E-state index in [2.05, 4.69) is 39.3 Å². The zero-order valence-corrected chi connectivity index (χ0v) is 21.8. The van der Waals surface area contributed by atoms with Crippen LogP contribution in [0.4, 0.5) is 5.82 Å². The van der Waals surface area contributed by atoms with Gasteiger partial charge in [-0.3, -0.25) is 14.2 Å². The maximum absolute atomic E-state index is 13.0. The Balaban J connectivity index is 1.38. The molecular formula is C30H25N5O5. The van der Waals surface area contributed by atoms with Crippen LogP contribution in [-0.4, -0.2) is 60.1 Å². The van der Waals surface area contributed by atoms with Crippen molar-refractivity contribution in [3.8, 4) is 0 Å². The van der Waals surface area contributed by atoms with Gasteiger partial charge in [0.2, 0.25) is 11.6 Å². The van der Waals surface area contributed by atoms with Gasteiger partial charge in [0.05, 0.1) is 24.7 Å². The highest BCUT2D eigenvalue weighted by Crippen LogP contribution is 2.40. The van der Waals surface area contributed by atoms with Crippen molar-refractivity contribution in [2.45, 2.75) is 38.7 Å². The van der Waals surface area contributed by atoms with Crippen molar-refractivity contribution >= 4 is 55.8 Å². The van der Waals surface area contributed by atoms with E-state index >= 15 is 0 Å². The lowest BCUT2D eigenvalue weighted by molar-refractivity contribution is -0.111. The van der Waals surface area contributed by atoms with Crippen LogP contribution in [0.3, 0.4) is 0 Å². The number of aromatic nitrogens is 4. The Morgan fingerprint density at radius 1 is 1.02 bits per heavy atom. The first-order valence-electron chi connectivity index (χ1n) is 13.0. The van der Waals surface area contributed by atoms with Gasteiger partial charge < -0.3 is 20.3 Å². The minimum atomic E-state index is -0.810. The number of hydrogen-bond donors (Lipinski definition) is 3. The first kappa shape index (κ1) is 24.5. The number of ether oxygens (including phenoxy) is 1. The van der Waals surface area contributed by atoms with Crippen LogP contribution < -0.4 is 5.32 Å². The lowest BCUT2D eigenvalue weighted by Gasteiger charge is -2.23. The Morgan fingerprint density at radius 2 is 1.80 bits per heavy atom. The molecule has 1 saturated heterocycles. The van der Waals surface area contributed by atoms with E-state index in [0.717, 1.165) is 32.7 Å². The van der Waals surface area contributed by atoms with Crippen molar-refractivity contribution in [3.05, 3.63) is 77.4 Å². The molecule has 200 valence electrons. The summed E-state index contributed by atoms with van der Waals surface area (Å²) in [5, 5.41) is 27.1. The molecule has 3 atom stereocenters. The molecule has 0 unspecified atom stereocenters. The second kappa shape index (κ2) is 9.02. The number of nitrogens with one attached hydrogen (secondary N) is 1. The van der Waals surface area contributed by atoms with Gasteiger partial charge in [0, 0.05) is 23.6 Å². The first-order valence-corrected chi connectivity index (χ1v) is 13.0. The van der Waals surface area contributed by atoms with E-state index < -0.39 is 30.0 Å². The molecule has 10 heteroatoms. The van der Waals surface area contributed by atoms with E-state index in [1.54, 1.807) is 17.0 Å². The fourth-order valence-corrected chi connectivity index (χ4v) is 6.02. The third-order valence-electron chi connectivity index (χ3n) is 8.04. The summed E-state index contributed by atoms with van der Waals surface area (Å²) in [7, 11) is 0. The number of allylic oxidation sites excluding steroid dienone is 1. The molecule has 0 radical (unpaired) electrons. The highest BCUT2D eigenvalue weighted by molar-refractivity contribution is 6.51. The maximum atomic E-state index is 13.0. The fraction of sp³-hybridized carbons (Fsp3) is 0.233. The Hall–Kier alpha value is -4.51. The largest absolute Gasteiger partial charge is 0.394 e. The predicted octanol–water partition coefficient (Wildman–Crippen LogP) is 3.61. The molecule has 0 spiro atoms. The van der Waals surface area contributed by atoms with Crippen molar-refractivity contribution < 1.29 is 24.5 Å². The number of Topliss-reactive ketones (excluding diaryl/α,β-unsaturated/α-hetero) is 1. The van der Waals surface area contributed by atoms with Gasteiger partial charge in [-0.15, -0.1) is 0 Å². The minimum absolute atomic E-state index is 0.275. The summed E-state index contributed by atoms with van der Waals surface area (Å²) in [6.07, 6.45) is 2.46. The fourth-order valence-electron chi connectivity index (χ4n) is 6.02. The summed E-state index contributed by atoms with van der Waals surface area (Å²) in [5.74, 6) is -0.823. The van der Waals surface area contributed by atoms with Gasteiger partial charge in [-0.2, -0.15) is 0 Å². The van der Waals surface area contributed by atoms with Gasteiger partial charge in [0.1, 0.15) is 18.7 Å². The number of carbonyl (C=O) groups is 2. The topological polar surface area (TPSA) is 139 Å². The predicted molar refractivity (Wildman–Crippen MR) is 149 cm³/mol. The third kappa shape index (κ3) is 3.50.